The van der Waals surface area contributed by atoms with Crippen LogP contribution < -0.4 is 10.1 Å². The fourth-order valence-corrected chi connectivity index (χ4v) is 2.12. The Labute approximate surface area is 131 Å². The third-order valence-electron chi connectivity index (χ3n) is 2.67. The molecule has 0 aromatic heterocycles. The maximum atomic E-state index is 13.8. The number of hydrogen-bond donors (Lipinski definition) is 1. The van der Waals surface area contributed by atoms with E-state index in [4.69, 9.17) is 4.74 Å². The average molecular weight is 352 g/mol. The predicted octanol–water partition coefficient (Wildman–Crippen LogP) is 4.63. The summed E-state index contributed by atoms with van der Waals surface area (Å²) in [5.41, 5.74) is 0.496. The zero-order valence-electron chi connectivity index (χ0n) is 11.7. The van der Waals surface area contributed by atoms with E-state index in [2.05, 4.69) is 21.2 Å². The van der Waals surface area contributed by atoms with Gasteiger partial charge >= 0.3 is 0 Å². The number of para-hydroxylation sites is 1. The number of carbonyl (C=O) groups excluding carboxylic acids is 1. The molecule has 0 saturated carbocycles. The Bertz CT molecular complexity index is 658. The molecule has 5 heteroatoms. The van der Waals surface area contributed by atoms with Crippen LogP contribution in [0.5, 0.6) is 5.75 Å². The van der Waals surface area contributed by atoms with Crippen LogP contribution in [0.1, 0.15) is 24.2 Å². The van der Waals surface area contributed by atoms with Crippen molar-refractivity contribution in [1.29, 1.82) is 0 Å². The first-order chi connectivity index (χ1) is 9.97. The number of anilines is 1. The molecule has 0 heterocycles. The average Bonchev–Trinajstić information content (AvgIpc) is 2.42. The van der Waals surface area contributed by atoms with Crippen LogP contribution in [0.2, 0.25) is 0 Å². The lowest BCUT2D eigenvalue weighted by Gasteiger charge is -2.14. The van der Waals surface area contributed by atoms with Crippen LogP contribution in [0, 0.1) is 5.82 Å². The highest BCUT2D eigenvalue weighted by molar-refractivity contribution is 9.10. The number of amides is 1. The molecule has 2 rings (SSSR count). The van der Waals surface area contributed by atoms with E-state index in [0.29, 0.717) is 15.8 Å². The number of hydrogen-bond acceptors (Lipinski definition) is 2. The van der Waals surface area contributed by atoms with Gasteiger partial charge in [-0.1, -0.05) is 28.1 Å². The van der Waals surface area contributed by atoms with Crippen LogP contribution >= 0.6 is 15.9 Å². The Hall–Kier alpha value is -1.88. The first-order valence-electron chi connectivity index (χ1n) is 6.49. The Morgan fingerprint density at radius 2 is 1.95 bits per heavy atom. The van der Waals surface area contributed by atoms with Crippen LogP contribution in [-0.2, 0) is 0 Å². The van der Waals surface area contributed by atoms with Gasteiger partial charge < -0.3 is 10.1 Å². The molecule has 1 amide bonds. The molecule has 0 aliphatic carbocycles. The van der Waals surface area contributed by atoms with Gasteiger partial charge in [0.05, 0.1) is 17.4 Å². The van der Waals surface area contributed by atoms with Crippen molar-refractivity contribution in [1.82, 2.24) is 0 Å². The normalized spacial score (nSPS) is 10.5. The van der Waals surface area contributed by atoms with Gasteiger partial charge in [0.2, 0.25) is 0 Å². The van der Waals surface area contributed by atoms with Gasteiger partial charge in [-0.2, -0.15) is 0 Å². The van der Waals surface area contributed by atoms with E-state index < -0.39 is 11.7 Å². The van der Waals surface area contributed by atoms with Gasteiger partial charge in [0, 0.05) is 4.47 Å². The molecule has 0 aliphatic heterocycles. The molecule has 21 heavy (non-hydrogen) atoms. The number of halogens is 2. The maximum absolute atomic E-state index is 13.8. The van der Waals surface area contributed by atoms with Gasteiger partial charge in [-0.05, 0) is 44.2 Å². The van der Waals surface area contributed by atoms with E-state index in [1.807, 2.05) is 13.8 Å². The summed E-state index contributed by atoms with van der Waals surface area (Å²) in [4.78, 5) is 12.3. The molecule has 3 nitrogen and oxygen atoms in total. The molecule has 0 atom stereocenters. The number of nitrogens with one attached hydrogen (secondary N) is 1. The van der Waals surface area contributed by atoms with E-state index in [1.165, 1.54) is 12.1 Å². The molecule has 0 saturated heterocycles. The largest absolute Gasteiger partial charge is 0.490 e. The van der Waals surface area contributed by atoms with Crippen molar-refractivity contribution in [2.45, 2.75) is 20.0 Å². The molecule has 0 spiro atoms. The summed E-state index contributed by atoms with van der Waals surface area (Å²) in [5, 5.41) is 2.55. The molecular weight excluding hydrogens is 337 g/mol. The van der Waals surface area contributed by atoms with Gasteiger partial charge in [-0.25, -0.2) is 4.39 Å². The lowest BCUT2D eigenvalue weighted by Crippen LogP contribution is -2.16. The minimum atomic E-state index is -0.500. The van der Waals surface area contributed by atoms with Crippen LogP contribution in [0.3, 0.4) is 0 Å². The minimum absolute atomic E-state index is 0.0524. The maximum Gasteiger partial charge on any atom is 0.259 e. The number of benzene rings is 2. The summed E-state index contributed by atoms with van der Waals surface area (Å²) in [7, 11) is 0. The lowest BCUT2D eigenvalue weighted by atomic mass is 10.1. The lowest BCUT2D eigenvalue weighted by molar-refractivity contribution is 0.102. The highest BCUT2D eigenvalue weighted by atomic mass is 79.9. The van der Waals surface area contributed by atoms with Gasteiger partial charge in [0.25, 0.3) is 5.91 Å². The van der Waals surface area contributed by atoms with Gasteiger partial charge in [0.15, 0.2) is 0 Å². The van der Waals surface area contributed by atoms with Crippen molar-refractivity contribution < 1.29 is 13.9 Å². The van der Waals surface area contributed by atoms with E-state index in [-0.39, 0.29) is 11.8 Å². The van der Waals surface area contributed by atoms with Crippen molar-refractivity contribution in [3.8, 4) is 5.75 Å². The standard InChI is InChI=1S/C16H15BrFNO2/c1-10(2)21-15-6-4-3-5-12(15)16(20)19-14-8-7-11(17)9-13(14)18/h3-10H,1-2H3,(H,19,20). The second kappa shape index (κ2) is 6.72. The monoisotopic (exact) mass is 351 g/mol. The molecular formula is C16H15BrFNO2. The molecule has 1 N–H and O–H groups in total. The van der Waals surface area contributed by atoms with Crippen molar-refractivity contribution in [2.24, 2.45) is 0 Å². The van der Waals surface area contributed by atoms with Crippen LogP contribution in [0.4, 0.5) is 10.1 Å². The summed E-state index contributed by atoms with van der Waals surface area (Å²) in [5.74, 6) is -0.435. The molecule has 110 valence electrons. The molecule has 2 aromatic rings. The van der Waals surface area contributed by atoms with Crippen LogP contribution in [0.15, 0.2) is 46.9 Å². The molecule has 0 fully saturated rings. The van der Waals surface area contributed by atoms with Crippen LogP contribution in [-0.4, -0.2) is 12.0 Å². The SMILES string of the molecule is CC(C)Oc1ccccc1C(=O)Nc1ccc(Br)cc1F. The topological polar surface area (TPSA) is 38.3 Å². The van der Waals surface area contributed by atoms with Gasteiger partial charge in [-0.3, -0.25) is 4.79 Å². The molecule has 0 unspecified atom stereocenters. The van der Waals surface area contributed by atoms with Crippen molar-refractivity contribution in [2.75, 3.05) is 5.32 Å². The van der Waals surface area contributed by atoms with Crippen LogP contribution in [0.25, 0.3) is 0 Å². The third kappa shape index (κ3) is 4.04. The Balaban J connectivity index is 2.24. The first-order valence-corrected chi connectivity index (χ1v) is 7.28. The fourth-order valence-electron chi connectivity index (χ4n) is 1.79. The summed E-state index contributed by atoms with van der Waals surface area (Å²) < 4.78 is 20.0. The Morgan fingerprint density at radius 1 is 1.24 bits per heavy atom. The molecule has 0 radical (unpaired) electrons. The second-order valence-corrected chi connectivity index (χ2v) is 5.66. The van der Waals surface area contributed by atoms with Gasteiger partial charge in [-0.15, -0.1) is 0 Å². The Morgan fingerprint density at radius 3 is 2.62 bits per heavy atom. The highest BCUT2D eigenvalue weighted by Crippen LogP contribution is 2.23. The third-order valence-corrected chi connectivity index (χ3v) is 3.17. The fraction of sp³-hybridized carbons (Fsp3) is 0.188. The number of rotatable bonds is 4. The smallest absolute Gasteiger partial charge is 0.259 e. The predicted molar refractivity (Wildman–Crippen MR) is 84.3 cm³/mol. The van der Waals surface area contributed by atoms with E-state index in [0.717, 1.165) is 0 Å². The zero-order valence-corrected chi connectivity index (χ0v) is 13.3. The first kappa shape index (κ1) is 15.5. The summed E-state index contributed by atoms with van der Waals surface area (Å²) in [6, 6.07) is 11.3. The van der Waals surface area contributed by atoms with Crippen molar-refractivity contribution in [3.63, 3.8) is 0 Å². The zero-order chi connectivity index (χ0) is 15.4. The number of ether oxygens (including phenoxy) is 1. The second-order valence-electron chi connectivity index (χ2n) is 4.74. The quantitative estimate of drug-likeness (QED) is 0.872. The van der Waals surface area contributed by atoms with E-state index >= 15 is 0 Å². The minimum Gasteiger partial charge on any atom is -0.490 e. The number of carbonyl (C=O) groups is 1. The molecule has 0 bridgehead atoms. The van der Waals surface area contributed by atoms with Crippen molar-refractivity contribution in [3.05, 3.63) is 58.3 Å². The highest BCUT2D eigenvalue weighted by Gasteiger charge is 2.15. The Kier molecular flexibility index (Phi) is 4.96. The summed E-state index contributed by atoms with van der Waals surface area (Å²) >= 11 is 3.17. The van der Waals surface area contributed by atoms with E-state index in [9.17, 15) is 9.18 Å². The summed E-state index contributed by atoms with van der Waals surface area (Å²) in [6.07, 6.45) is -0.0524. The van der Waals surface area contributed by atoms with Gasteiger partial charge in [0.1, 0.15) is 11.6 Å². The van der Waals surface area contributed by atoms with Crippen molar-refractivity contribution >= 4 is 27.5 Å². The van der Waals surface area contributed by atoms with E-state index in [1.54, 1.807) is 30.3 Å². The molecule has 0 aliphatic rings. The molecule has 2 aromatic carbocycles. The summed E-state index contributed by atoms with van der Waals surface area (Å²) in [6.45, 7) is 3.76.